The molecule has 21 heavy (non-hydrogen) atoms. The second-order valence-corrected chi connectivity index (χ2v) is 7.19. The van der Waals surface area contributed by atoms with Gasteiger partial charge in [0.25, 0.3) is 0 Å². The summed E-state index contributed by atoms with van der Waals surface area (Å²) in [6.45, 7) is 3.41. The lowest BCUT2D eigenvalue weighted by Gasteiger charge is -2.23. The molecule has 6 nitrogen and oxygen atoms in total. The molecule has 1 saturated heterocycles. The Hall–Kier alpha value is -1.44. The molecule has 1 fully saturated rings. The molecule has 116 valence electrons. The number of sulfonamides is 1. The van der Waals surface area contributed by atoms with Crippen molar-refractivity contribution < 1.29 is 23.4 Å². The topological polar surface area (TPSA) is 94.9 Å². The van der Waals surface area contributed by atoms with Crippen molar-refractivity contribution in [2.45, 2.75) is 37.6 Å². The van der Waals surface area contributed by atoms with Gasteiger partial charge in [-0.3, -0.25) is 0 Å². The summed E-state index contributed by atoms with van der Waals surface area (Å²) < 4.78 is 26.7. The van der Waals surface area contributed by atoms with Gasteiger partial charge in [0.15, 0.2) is 0 Å². The standard InChI is InChI=1S/C14H19NO5S/c1-9-6-10(2)13(7-12(9)14(17)18)21(19,20)15-5-3-4-11(15)8-16/h6-7,11,16H,3-5,8H2,1-2H3,(H,17,18)/t11-/m0/s1. The van der Waals surface area contributed by atoms with Crippen LogP contribution in [-0.4, -0.2) is 48.1 Å². The highest BCUT2D eigenvalue weighted by molar-refractivity contribution is 7.89. The van der Waals surface area contributed by atoms with Crippen LogP contribution in [0.15, 0.2) is 17.0 Å². The van der Waals surface area contributed by atoms with Crippen LogP contribution in [0.2, 0.25) is 0 Å². The number of aliphatic hydroxyl groups excluding tert-OH is 1. The smallest absolute Gasteiger partial charge is 0.335 e. The lowest BCUT2D eigenvalue weighted by Crippen LogP contribution is -2.38. The zero-order chi connectivity index (χ0) is 15.8. The van der Waals surface area contributed by atoms with Gasteiger partial charge in [-0.15, -0.1) is 0 Å². The Balaban J connectivity index is 2.54. The average Bonchev–Trinajstić information content (AvgIpc) is 2.86. The van der Waals surface area contributed by atoms with Gasteiger partial charge < -0.3 is 10.2 Å². The zero-order valence-corrected chi connectivity index (χ0v) is 12.9. The predicted octanol–water partition coefficient (Wildman–Crippen LogP) is 1.15. The minimum absolute atomic E-state index is 0.00542. The normalized spacial score (nSPS) is 19.9. The summed E-state index contributed by atoms with van der Waals surface area (Å²) in [4.78, 5) is 11.2. The van der Waals surface area contributed by atoms with Gasteiger partial charge in [-0.25, -0.2) is 13.2 Å². The lowest BCUT2D eigenvalue weighted by molar-refractivity contribution is 0.0696. The molecule has 2 rings (SSSR count). The van der Waals surface area contributed by atoms with E-state index in [2.05, 4.69) is 0 Å². The average molecular weight is 313 g/mol. The molecule has 0 spiro atoms. The second-order valence-electron chi connectivity index (χ2n) is 5.33. The molecule has 0 amide bonds. The van der Waals surface area contributed by atoms with E-state index in [0.717, 1.165) is 0 Å². The first kappa shape index (κ1) is 15.9. The van der Waals surface area contributed by atoms with Gasteiger partial charge in [-0.1, -0.05) is 6.07 Å². The number of carboxylic acids is 1. The van der Waals surface area contributed by atoms with E-state index in [0.29, 0.717) is 30.5 Å². The Morgan fingerprint density at radius 2 is 2.00 bits per heavy atom. The Morgan fingerprint density at radius 3 is 2.57 bits per heavy atom. The zero-order valence-electron chi connectivity index (χ0n) is 12.0. The third kappa shape index (κ3) is 2.81. The lowest BCUT2D eigenvalue weighted by atomic mass is 10.1. The third-order valence-corrected chi connectivity index (χ3v) is 5.97. The first-order chi connectivity index (χ1) is 9.78. The SMILES string of the molecule is Cc1cc(C)c(S(=O)(=O)N2CCC[C@H]2CO)cc1C(=O)O. The number of nitrogens with zero attached hydrogens (tertiary/aromatic N) is 1. The van der Waals surface area contributed by atoms with Gasteiger partial charge in [0.1, 0.15) is 0 Å². The fourth-order valence-electron chi connectivity index (χ4n) is 2.78. The van der Waals surface area contributed by atoms with E-state index in [1.165, 1.54) is 10.4 Å². The summed E-state index contributed by atoms with van der Waals surface area (Å²) in [7, 11) is -3.79. The number of hydrogen-bond donors (Lipinski definition) is 2. The van der Waals surface area contributed by atoms with Crippen LogP contribution in [0.25, 0.3) is 0 Å². The molecule has 1 aliphatic heterocycles. The molecule has 1 aromatic carbocycles. The van der Waals surface area contributed by atoms with Crippen molar-refractivity contribution in [1.82, 2.24) is 4.31 Å². The van der Waals surface area contributed by atoms with Crippen LogP contribution >= 0.6 is 0 Å². The predicted molar refractivity (Wildman–Crippen MR) is 76.9 cm³/mol. The van der Waals surface area contributed by atoms with E-state index < -0.39 is 22.0 Å². The molecule has 1 atom stereocenters. The Labute approximate surface area is 124 Å². The van der Waals surface area contributed by atoms with Crippen LogP contribution in [0.3, 0.4) is 0 Å². The molecule has 1 heterocycles. The third-order valence-electron chi connectivity index (χ3n) is 3.87. The molecular weight excluding hydrogens is 294 g/mol. The fourth-order valence-corrected chi connectivity index (χ4v) is 4.69. The number of benzene rings is 1. The minimum Gasteiger partial charge on any atom is -0.478 e. The highest BCUT2D eigenvalue weighted by Gasteiger charge is 2.36. The van der Waals surface area contributed by atoms with Gasteiger partial charge in [-0.05, 0) is 43.9 Å². The van der Waals surface area contributed by atoms with Gasteiger partial charge in [0, 0.05) is 12.6 Å². The van der Waals surface area contributed by atoms with Crippen LogP contribution in [-0.2, 0) is 10.0 Å². The van der Waals surface area contributed by atoms with Gasteiger partial charge in [-0.2, -0.15) is 4.31 Å². The Bertz CT molecular complexity index is 668. The number of carboxylic acid groups (broad SMARTS) is 1. The maximum absolute atomic E-state index is 12.7. The first-order valence-corrected chi connectivity index (χ1v) is 8.20. The molecule has 7 heteroatoms. The van der Waals surface area contributed by atoms with Crippen molar-refractivity contribution in [2.75, 3.05) is 13.2 Å². The number of aromatic carboxylic acids is 1. The summed E-state index contributed by atoms with van der Waals surface area (Å²) in [5, 5.41) is 18.5. The molecule has 0 radical (unpaired) electrons. The number of aryl methyl sites for hydroxylation is 2. The van der Waals surface area contributed by atoms with Crippen LogP contribution < -0.4 is 0 Å². The summed E-state index contributed by atoms with van der Waals surface area (Å²) in [5.74, 6) is -1.15. The molecular formula is C14H19NO5S. The molecule has 1 aliphatic rings. The molecule has 0 aliphatic carbocycles. The van der Waals surface area contributed by atoms with E-state index in [9.17, 15) is 18.3 Å². The summed E-state index contributed by atoms with van der Waals surface area (Å²) in [6, 6.07) is 2.36. The maximum atomic E-state index is 12.7. The van der Waals surface area contributed by atoms with Crippen molar-refractivity contribution in [3.05, 3.63) is 28.8 Å². The largest absolute Gasteiger partial charge is 0.478 e. The van der Waals surface area contributed by atoms with E-state index in [-0.39, 0.29) is 17.1 Å². The monoisotopic (exact) mass is 313 g/mol. The van der Waals surface area contributed by atoms with Gasteiger partial charge in [0.05, 0.1) is 17.1 Å². The Kier molecular flexibility index (Phi) is 4.36. The molecule has 0 bridgehead atoms. The van der Waals surface area contributed by atoms with E-state index in [1.54, 1.807) is 19.9 Å². The number of aliphatic hydroxyl groups is 1. The highest BCUT2D eigenvalue weighted by Crippen LogP contribution is 2.29. The summed E-state index contributed by atoms with van der Waals surface area (Å²) >= 11 is 0. The summed E-state index contributed by atoms with van der Waals surface area (Å²) in [5.41, 5.74) is 1.03. The molecule has 2 N–H and O–H groups in total. The van der Waals surface area contributed by atoms with Crippen molar-refractivity contribution in [3.8, 4) is 0 Å². The fraction of sp³-hybridized carbons (Fsp3) is 0.500. The van der Waals surface area contributed by atoms with Gasteiger partial charge >= 0.3 is 5.97 Å². The van der Waals surface area contributed by atoms with Crippen molar-refractivity contribution in [2.24, 2.45) is 0 Å². The molecule has 0 aromatic heterocycles. The quantitative estimate of drug-likeness (QED) is 0.869. The van der Waals surface area contributed by atoms with E-state index >= 15 is 0 Å². The van der Waals surface area contributed by atoms with Crippen LogP contribution in [0.4, 0.5) is 0 Å². The highest BCUT2D eigenvalue weighted by atomic mass is 32.2. The van der Waals surface area contributed by atoms with Crippen LogP contribution in [0.1, 0.15) is 34.3 Å². The molecule has 1 aromatic rings. The number of rotatable bonds is 4. The first-order valence-electron chi connectivity index (χ1n) is 6.76. The van der Waals surface area contributed by atoms with E-state index in [1.807, 2.05) is 0 Å². The van der Waals surface area contributed by atoms with Crippen LogP contribution in [0.5, 0.6) is 0 Å². The van der Waals surface area contributed by atoms with E-state index in [4.69, 9.17) is 5.11 Å². The number of carbonyl (C=O) groups is 1. The molecule has 0 unspecified atom stereocenters. The van der Waals surface area contributed by atoms with Crippen LogP contribution in [0, 0.1) is 13.8 Å². The van der Waals surface area contributed by atoms with Gasteiger partial charge in [0.2, 0.25) is 10.0 Å². The number of hydrogen-bond acceptors (Lipinski definition) is 4. The Morgan fingerprint density at radius 1 is 1.33 bits per heavy atom. The molecule has 0 saturated carbocycles. The van der Waals surface area contributed by atoms with Crippen molar-refractivity contribution in [1.29, 1.82) is 0 Å². The summed E-state index contributed by atoms with van der Waals surface area (Å²) in [6.07, 6.45) is 1.31. The maximum Gasteiger partial charge on any atom is 0.335 e. The second kappa shape index (κ2) is 5.75. The van der Waals surface area contributed by atoms with Crippen molar-refractivity contribution >= 4 is 16.0 Å². The van der Waals surface area contributed by atoms with Crippen molar-refractivity contribution in [3.63, 3.8) is 0 Å². The minimum atomic E-state index is -3.79.